The smallest absolute Gasteiger partial charge is 0.334 e. The Labute approximate surface area is 93.7 Å². The average molecular weight is 233 g/mol. The Kier molecular flexibility index (Phi) is 5.77. The third kappa shape index (κ3) is 5.08. The summed E-state index contributed by atoms with van der Waals surface area (Å²) in [6.45, 7) is 6.37. The summed E-state index contributed by atoms with van der Waals surface area (Å²) in [5, 5.41) is 0. The molecule has 0 saturated carbocycles. The largest absolute Gasteiger partial charge is 0.398 e. The van der Waals surface area contributed by atoms with Gasteiger partial charge in [-0.2, -0.15) is 0 Å². The van der Waals surface area contributed by atoms with E-state index in [1.807, 2.05) is 0 Å². The molecule has 0 bridgehead atoms. The lowest BCUT2D eigenvalue weighted by molar-refractivity contribution is 0.0763. The summed E-state index contributed by atoms with van der Waals surface area (Å²) in [5.74, 6) is 0. The first-order chi connectivity index (χ1) is 7.16. The van der Waals surface area contributed by atoms with Crippen molar-refractivity contribution in [3.05, 3.63) is 0 Å². The van der Waals surface area contributed by atoms with Gasteiger partial charge >= 0.3 is 8.56 Å². The van der Waals surface area contributed by atoms with Gasteiger partial charge in [-0.3, -0.25) is 0 Å². The molecule has 1 aliphatic rings. The predicted molar refractivity (Wildman–Crippen MR) is 62.3 cm³/mol. The molecule has 1 rings (SSSR count). The van der Waals surface area contributed by atoms with Gasteiger partial charge in [0.15, 0.2) is 0 Å². The number of rotatable bonds is 1. The van der Waals surface area contributed by atoms with Crippen LogP contribution in [0.3, 0.4) is 0 Å². The van der Waals surface area contributed by atoms with Gasteiger partial charge in [-0.15, -0.1) is 0 Å². The van der Waals surface area contributed by atoms with Crippen molar-refractivity contribution in [3.63, 3.8) is 0 Å². The first kappa shape index (κ1) is 13.1. The van der Waals surface area contributed by atoms with Gasteiger partial charge < -0.3 is 18.5 Å². The normalized spacial score (nSPS) is 32.2. The zero-order valence-corrected chi connectivity index (χ0v) is 11.1. The second-order valence-corrected chi connectivity index (χ2v) is 7.67. The van der Waals surface area contributed by atoms with Gasteiger partial charge in [0.2, 0.25) is 0 Å². The van der Waals surface area contributed by atoms with Crippen molar-refractivity contribution in [2.45, 2.75) is 19.0 Å². The van der Waals surface area contributed by atoms with Gasteiger partial charge in [0.25, 0.3) is 0 Å². The molecule has 1 atom stereocenters. The predicted octanol–water partition coefficient (Wildman–Crippen LogP) is 1.07. The molecule has 0 amide bonds. The van der Waals surface area contributed by atoms with Crippen LogP contribution in [-0.4, -0.2) is 60.5 Å². The van der Waals surface area contributed by atoms with E-state index in [0.717, 1.165) is 32.2 Å². The Morgan fingerprint density at radius 1 is 1.20 bits per heavy atom. The van der Waals surface area contributed by atoms with Crippen LogP contribution < -0.4 is 0 Å². The maximum Gasteiger partial charge on any atom is 0.334 e. The monoisotopic (exact) mass is 233 g/mol. The maximum atomic E-state index is 5.82. The highest BCUT2D eigenvalue weighted by molar-refractivity contribution is 6.65. The maximum absolute atomic E-state index is 5.82. The molecule has 0 aliphatic carbocycles. The van der Waals surface area contributed by atoms with Crippen LogP contribution in [0.5, 0.6) is 0 Å². The third-order valence-electron chi connectivity index (χ3n) is 2.85. The highest BCUT2D eigenvalue weighted by atomic mass is 28.4. The molecule has 1 aliphatic heterocycles. The Morgan fingerprint density at radius 3 is 2.73 bits per heavy atom. The zero-order valence-electron chi connectivity index (χ0n) is 10.1. The van der Waals surface area contributed by atoms with Crippen LogP contribution in [0.15, 0.2) is 0 Å². The summed E-state index contributed by atoms with van der Waals surface area (Å²) >= 11 is 0. The molecular weight excluding hydrogens is 210 g/mol. The van der Waals surface area contributed by atoms with E-state index in [1.54, 1.807) is 7.11 Å². The SMILES string of the molecule is CO[Si]1(C)CCCN(C)CCOCCO1. The molecule has 0 aromatic heterocycles. The number of nitrogens with zero attached hydrogens (tertiary/aromatic N) is 1. The van der Waals surface area contributed by atoms with E-state index in [2.05, 4.69) is 18.5 Å². The van der Waals surface area contributed by atoms with Crippen LogP contribution in [0.4, 0.5) is 0 Å². The van der Waals surface area contributed by atoms with E-state index >= 15 is 0 Å². The Balaban J connectivity index is 2.42. The van der Waals surface area contributed by atoms with Crippen molar-refractivity contribution in [1.29, 1.82) is 0 Å². The number of hydrogen-bond donors (Lipinski definition) is 0. The highest BCUT2D eigenvalue weighted by Crippen LogP contribution is 2.15. The van der Waals surface area contributed by atoms with Crippen molar-refractivity contribution >= 4 is 8.56 Å². The van der Waals surface area contributed by atoms with Crippen LogP contribution >= 0.6 is 0 Å². The van der Waals surface area contributed by atoms with Crippen LogP contribution in [0.2, 0.25) is 12.6 Å². The van der Waals surface area contributed by atoms with Crippen LogP contribution in [0.25, 0.3) is 0 Å². The molecule has 1 fully saturated rings. The van der Waals surface area contributed by atoms with Crippen LogP contribution in [0, 0.1) is 0 Å². The summed E-state index contributed by atoms with van der Waals surface area (Å²) in [7, 11) is 1.99. The quantitative estimate of drug-likeness (QED) is 0.634. The topological polar surface area (TPSA) is 30.9 Å². The van der Waals surface area contributed by atoms with Crippen molar-refractivity contribution in [3.8, 4) is 0 Å². The molecule has 0 aromatic rings. The van der Waals surface area contributed by atoms with Gasteiger partial charge in [0.1, 0.15) is 0 Å². The van der Waals surface area contributed by atoms with Crippen LogP contribution in [-0.2, 0) is 13.6 Å². The molecule has 0 aromatic carbocycles. The highest BCUT2D eigenvalue weighted by Gasteiger charge is 2.29. The van der Waals surface area contributed by atoms with Crippen molar-refractivity contribution < 1.29 is 13.6 Å². The molecular formula is C10H23NO3Si. The summed E-state index contributed by atoms with van der Waals surface area (Å²) in [6, 6.07) is 1.06. The van der Waals surface area contributed by atoms with Gasteiger partial charge in [-0.1, -0.05) is 0 Å². The zero-order chi connectivity index (χ0) is 11.1. The van der Waals surface area contributed by atoms with Crippen molar-refractivity contribution in [2.75, 3.05) is 47.1 Å². The fourth-order valence-electron chi connectivity index (χ4n) is 1.65. The average Bonchev–Trinajstić information content (AvgIpc) is 2.25. The molecule has 1 unspecified atom stereocenters. The van der Waals surface area contributed by atoms with Gasteiger partial charge in [-0.05, 0) is 32.6 Å². The third-order valence-corrected chi connectivity index (χ3v) is 5.80. The Hall–Kier alpha value is 0.0569. The lowest BCUT2D eigenvalue weighted by Crippen LogP contribution is -2.38. The molecule has 1 saturated heterocycles. The molecule has 90 valence electrons. The van der Waals surface area contributed by atoms with Crippen LogP contribution in [0.1, 0.15) is 6.42 Å². The standard InChI is InChI=1S/C10H23NO3Si/c1-11-5-4-10-15(3,12-2)14-9-8-13-7-6-11/h4-10H2,1-3H3. The summed E-state index contributed by atoms with van der Waals surface area (Å²) in [6.07, 6.45) is 1.15. The summed E-state index contributed by atoms with van der Waals surface area (Å²) in [4.78, 5) is 2.30. The fourth-order valence-corrected chi connectivity index (χ4v) is 3.44. The molecule has 0 N–H and O–H groups in total. The minimum Gasteiger partial charge on any atom is -0.398 e. The van der Waals surface area contributed by atoms with E-state index in [0.29, 0.717) is 13.2 Å². The van der Waals surface area contributed by atoms with E-state index in [9.17, 15) is 0 Å². The Bertz CT molecular complexity index is 182. The lowest BCUT2D eigenvalue weighted by atomic mass is 10.4. The molecule has 0 spiro atoms. The second kappa shape index (κ2) is 6.60. The number of hydrogen-bond acceptors (Lipinski definition) is 4. The van der Waals surface area contributed by atoms with Gasteiger partial charge in [0.05, 0.1) is 19.8 Å². The Morgan fingerprint density at radius 2 is 2.00 bits per heavy atom. The second-order valence-electron chi connectivity index (χ2n) is 4.21. The van der Waals surface area contributed by atoms with E-state index in [1.165, 1.54) is 0 Å². The van der Waals surface area contributed by atoms with E-state index in [4.69, 9.17) is 13.6 Å². The van der Waals surface area contributed by atoms with Crippen molar-refractivity contribution in [2.24, 2.45) is 0 Å². The molecule has 1 heterocycles. The molecule has 5 heteroatoms. The minimum atomic E-state index is -1.91. The summed E-state index contributed by atoms with van der Waals surface area (Å²) < 4.78 is 16.8. The van der Waals surface area contributed by atoms with E-state index in [-0.39, 0.29) is 0 Å². The molecule has 15 heavy (non-hydrogen) atoms. The minimum absolute atomic E-state index is 0.667. The molecule has 4 nitrogen and oxygen atoms in total. The lowest BCUT2D eigenvalue weighted by Gasteiger charge is -2.25. The van der Waals surface area contributed by atoms with Gasteiger partial charge in [0, 0.05) is 13.7 Å². The number of likely N-dealkylation sites (N-methyl/N-ethyl adjacent to an activating group) is 1. The summed E-state index contributed by atoms with van der Waals surface area (Å²) in [5.41, 5.74) is 0. The molecule has 0 radical (unpaired) electrons. The van der Waals surface area contributed by atoms with Gasteiger partial charge in [-0.25, -0.2) is 0 Å². The first-order valence-corrected chi connectivity index (χ1v) is 8.14. The fraction of sp³-hybridized carbons (Fsp3) is 1.00. The number of ether oxygens (including phenoxy) is 1. The van der Waals surface area contributed by atoms with E-state index < -0.39 is 8.56 Å². The first-order valence-electron chi connectivity index (χ1n) is 5.62. The van der Waals surface area contributed by atoms with Crippen molar-refractivity contribution in [1.82, 2.24) is 4.90 Å².